The second-order valence-corrected chi connectivity index (χ2v) is 10.4. The highest BCUT2D eigenvalue weighted by Gasteiger charge is 2.68. The van der Waals surface area contributed by atoms with Crippen LogP contribution in [0.15, 0.2) is 74.9 Å². The second-order valence-electron chi connectivity index (χ2n) is 9.97. The summed E-state index contributed by atoms with van der Waals surface area (Å²) in [6.07, 6.45) is 3.27. The molecule has 2 saturated heterocycles. The number of thiocarbonyl (C=S) groups is 1. The van der Waals surface area contributed by atoms with Crippen molar-refractivity contribution >= 4 is 23.0 Å². The topological polar surface area (TPSA) is 105 Å². The number of benzene rings is 1. The Kier molecular flexibility index (Phi) is 6.04. The minimum Gasteiger partial charge on any atom is -0.496 e. The number of nitriles is 2. The van der Waals surface area contributed by atoms with Crippen molar-refractivity contribution in [3.05, 3.63) is 78.1 Å². The summed E-state index contributed by atoms with van der Waals surface area (Å²) in [6.45, 7) is 2.52. The van der Waals surface area contributed by atoms with Crippen LogP contribution >= 0.6 is 12.2 Å². The zero-order valence-electron chi connectivity index (χ0n) is 20.9. The van der Waals surface area contributed by atoms with Gasteiger partial charge in [0, 0.05) is 24.6 Å². The Morgan fingerprint density at radius 3 is 2.26 bits per heavy atom. The molecule has 2 aromatic heterocycles. The molecule has 3 atom stereocenters. The maximum Gasteiger partial charge on any atom is 0.136 e. The maximum atomic E-state index is 11.0. The van der Waals surface area contributed by atoms with Crippen LogP contribution in [0.2, 0.25) is 0 Å². The smallest absolute Gasteiger partial charge is 0.136 e. The highest BCUT2D eigenvalue weighted by molar-refractivity contribution is 7.80. The van der Waals surface area contributed by atoms with E-state index in [4.69, 9.17) is 30.8 Å². The molecule has 2 fully saturated rings. The minimum absolute atomic E-state index is 0.344. The van der Waals surface area contributed by atoms with Gasteiger partial charge in [-0.2, -0.15) is 10.5 Å². The van der Waals surface area contributed by atoms with Gasteiger partial charge in [-0.25, -0.2) is 0 Å². The zero-order chi connectivity index (χ0) is 26.3. The van der Waals surface area contributed by atoms with Crippen LogP contribution in [-0.4, -0.2) is 59.1 Å². The van der Waals surface area contributed by atoms with Gasteiger partial charge in [0.15, 0.2) is 0 Å². The van der Waals surface area contributed by atoms with E-state index >= 15 is 0 Å². The summed E-state index contributed by atoms with van der Waals surface area (Å²) in [4.78, 5) is 11.5. The van der Waals surface area contributed by atoms with Crippen LogP contribution in [-0.2, 0) is 13.1 Å². The normalized spacial score (nSPS) is 27.2. The summed E-state index contributed by atoms with van der Waals surface area (Å²) in [5.41, 5.74) is -1.54. The summed E-state index contributed by atoms with van der Waals surface area (Å²) in [7, 11) is 1.61. The fraction of sp³-hybridized carbons (Fsp3) is 0.357. The van der Waals surface area contributed by atoms with E-state index in [1.807, 2.05) is 53.4 Å². The lowest BCUT2D eigenvalue weighted by molar-refractivity contribution is 0.0471. The fourth-order valence-electron chi connectivity index (χ4n) is 6.29. The van der Waals surface area contributed by atoms with Crippen molar-refractivity contribution in [2.45, 2.75) is 19.0 Å². The van der Waals surface area contributed by atoms with Crippen molar-refractivity contribution in [2.24, 2.45) is 15.8 Å². The van der Waals surface area contributed by atoms with Crippen LogP contribution in [0.5, 0.6) is 5.75 Å². The van der Waals surface area contributed by atoms with Crippen LogP contribution < -0.4 is 4.74 Å². The number of aliphatic imine (C=N–C) groups is 1. The van der Waals surface area contributed by atoms with E-state index in [2.05, 4.69) is 21.9 Å². The molecular weight excluding hydrogens is 500 g/mol. The molecule has 0 spiro atoms. The Bertz CT molecular complexity index is 1460. The number of para-hydroxylation sites is 1. The van der Waals surface area contributed by atoms with Gasteiger partial charge in [-0.05, 0) is 30.3 Å². The van der Waals surface area contributed by atoms with Crippen molar-refractivity contribution in [1.82, 2.24) is 14.7 Å². The van der Waals surface area contributed by atoms with E-state index in [0.29, 0.717) is 56.1 Å². The third-order valence-electron chi connectivity index (χ3n) is 7.74. The first-order valence-electron chi connectivity index (χ1n) is 12.4. The van der Waals surface area contributed by atoms with Crippen LogP contribution in [0.4, 0.5) is 0 Å². The van der Waals surface area contributed by atoms with E-state index in [-0.39, 0.29) is 0 Å². The van der Waals surface area contributed by atoms with Gasteiger partial charge in [0.25, 0.3) is 0 Å². The Morgan fingerprint density at radius 2 is 1.63 bits per heavy atom. The van der Waals surface area contributed by atoms with Crippen molar-refractivity contribution in [2.75, 3.05) is 33.5 Å². The van der Waals surface area contributed by atoms with Gasteiger partial charge >= 0.3 is 0 Å². The molecule has 0 amide bonds. The van der Waals surface area contributed by atoms with Crippen molar-refractivity contribution in [3.63, 3.8) is 0 Å². The van der Waals surface area contributed by atoms with E-state index in [0.717, 1.165) is 17.1 Å². The Labute approximate surface area is 226 Å². The lowest BCUT2D eigenvalue weighted by Crippen LogP contribution is -2.73. The highest BCUT2D eigenvalue weighted by Crippen LogP contribution is 2.59. The number of piperidine rings is 2. The zero-order valence-corrected chi connectivity index (χ0v) is 21.7. The predicted molar refractivity (Wildman–Crippen MR) is 142 cm³/mol. The van der Waals surface area contributed by atoms with Crippen LogP contribution in [0, 0.1) is 33.5 Å². The molecule has 3 aliphatic heterocycles. The molecule has 0 aliphatic carbocycles. The molecule has 0 N–H and O–H groups in total. The van der Waals surface area contributed by atoms with Crippen molar-refractivity contribution < 1.29 is 13.6 Å². The molecule has 38 heavy (non-hydrogen) atoms. The quantitative estimate of drug-likeness (QED) is 0.441. The fourth-order valence-corrected chi connectivity index (χ4v) is 6.67. The molecule has 10 heteroatoms. The summed E-state index contributed by atoms with van der Waals surface area (Å²) in [5, 5.41) is 22.0. The van der Waals surface area contributed by atoms with Gasteiger partial charge in [-0.15, -0.1) is 0 Å². The first-order valence-corrected chi connectivity index (χ1v) is 12.8. The van der Waals surface area contributed by atoms with E-state index in [1.54, 1.807) is 19.6 Å². The molecule has 9 nitrogen and oxygen atoms in total. The van der Waals surface area contributed by atoms with E-state index in [1.165, 1.54) is 0 Å². The summed E-state index contributed by atoms with van der Waals surface area (Å²) in [5.74, 6) is 2.24. The maximum absolute atomic E-state index is 11.0. The molecule has 6 rings (SSSR count). The lowest BCUT2D eigenvalue weighted by Gasteiger charge is -2.60. The Morgan fingerprint density at radius 1 is 0.974 bits per heavy atom. The van der Waals surface area contributed by atoms with Gasteiger partial charge in [0.05, 0.1) is 58.2 Å². The molecule has 5 heterocycles. The largest absolute Gasteiger partial charge is 0.496 e. The number of methoxy groups -OCH3 is 1. The lowest BCUT2D eigenvalue weighted by atomic mass is 9.53. The van der Waals surface area contributed by atoms with Gasteiger partial charge in [0.2, 0.25) is 0 Å². The number of hydrogen-bond donors (Lipinski definition) is 0. The third-order valence-corrected chi connectivity index (χ3v) is 8.33. The van der Waals surface area contributed by atoms with Gasteiger partial charge in [0.1, 0.15) is 38.9 Å². The molecule has 192 valence electrons. The summed E-state index contributed by atoms with van der Waals surface area (Å²) >= 11 is 6.15. The highest BCUT2D eigenvalue weighted by atomic mass is 32.1. The standard InChI is InChI=1S/C28H26N6O3S/c1-35-23-9-3-2-8-22(23)24-27(14-29)16-32(12-20-6-4-10-36-20)17-28(24,15-30)26(38)34-19-33(18-31-25(27)34)13-21-7-5-11-37-21/h2-11,24H,12-13,16-19H2,1H3/t24-,27+,28+/m1/s1. The molecule has 3 aromatic rings. The Hall–Kier alpha value is -3.96. The number of furan rings is 2. The predicted octanol–water partition coefficient (Wildman–Crippen LogP) is 3.97. The first kappa shape index (κ1) is 24.4. The van der Waals surface area contributed by atoms with Crippen molar-refractivity contribution in [1.29, 1.82) is 10.5 Å². The number of fused-ring (bicyclic) bond motifs is 4. The average Bonchev–Trinajstić information content (AvgIpc) is 3.66. The number of amidine groups is 1. The number of rotatable bonds is 6. The molecule has 2 bridgehead atoms. The number of likely N-dealkylation sites (tertiary alicyclic amines) is 1. The van der Waals surface area contributed by atoms with Gasteiger partial charge < -0.3 is 18.5 Å². The van der Waals surface area contributed by atoms with Gasteiger partial charge in [-0.1, -0.05) is 30.4 Å². The minimum atomic E-state index is -1.18. The molecule has 0 radical (unpaired) electrons. The molecule has 0 saturated carbocycles. The molecule has 1 aromatic carbocycles. The van der Waals surface area contributed by atoms with E-state index < -0.39 is 16.7 Å². The average molecular weight is 527 g/mol. The van der Waals surface area contributed by atoms with E-state index in [9.17, 15) is 10.5 Å². The number of hydrogen-bond acceptors (Lipinski definition) is 9. The summed E-state index contributed by atoms with van der Waals surface area (Å²) in [6, 6.07) is 20.4. The first-order chi connectivity index (χ1) is 18.5. The third kappa shape index (κ3) is 3.64. The SMILES string of the molecule is COc1ccccc1[C@H]1[C@]2(C#N)CN(Cc3ccco3)C[C@]1(C#N)C1=NCN(Cc3ccco3)CN1C2=S. The molecule has 3 aliphatic rings. The summed E-state index contributed by atoms with van der Waals surface area (Å²) < 4.78 is 16.9. The molecular formula is C28H26N6O3S. The number of nitrogens with zero attached hydrogens (tertiary/aromatic N) is 6. The van der Waals surface area contributed by atoms with Crippen molar-refractivity contribution in [3.8, 4) is 17.9 Å². The van der Waals surface area contributed by atoms with Crippen LogP contribution in [0.3, 0.4) is 0 Å². The monoisotopic (exact) mass is 526 g/mol. The van der Waals surface area contributed by atoms with Crippen LogP contribution in [0.1, 0.15) is 23.0 Å². The van der Waals surface area contributed by atoms with Crippen LogP contribution in [0.25, 0.3) is 0 Å². The van der Waals surface area contributed by atoms with Gasteiger partial charge in [-0.3, -0.25) is 14.8 Å². The second kappa shape index (κ2) is 9.41. The Balaban J connectivity index is 1.50. The number of ether oxygens (including phenoxy) is 1. The molecule has 0 unspecified atom stereocenters.